The summed E-state index contributed by atoms with van der Waals surface area (Å²) in [5.74, 6) is 1.51. The average molecular weight is 342 g/mol. The monoisotopic (exact) mass is 342 g/mol. The molecule has 0 atom stereocenters. The number of hydrogen-bond acceptors (Lipinski definition) is 6. The van der Waals surface area contributed by atoms with Gasteiger partial charge in [-0.2, -0.15) is 0 Å². The van der Waals surface area contributed by atoms with Crippen LogP contribution in [0.2, 0.25) is 0 Å². The SMILES string of the molecule is O=C(Nc1ccc2c(c1)OCO2)c1ccnc(OC2CCOCC2)c1. The fraction of sp³-hybridized carbons (Fsp3) is 0.333. The number of aromatic nitrogens is 1. The van der Waals surface area contributed by atoms with Crippen molar-refractivity contribution in [2.24, 2.45) is 0 Å². The normalized spacial score (nSPS) is 16.5. The van der Waals surface area contributed by atoms with Crippen LogP contribution >= 0.6 is 0 Å². The van der Waals surface area contributed by atoms with E-state index in [-0.39, 0.29) is 18.8 Å². The lowest BCUT2D eigenvalue weighted by atomic mass is 10.1. The third-order valence-electron chi connectivity index (χ3n) is 4.08. The Hall–Kier alpha value is -2.80. The molecule has 0 saturated carbocycles. The maximum absolute atomic E-state index is 12.5. The van der Waals surface area contributed by atoms with Crippen LogP contribution in [-0.4, -0.2) is 37.0 Å². The second-order valence-corrected chi connectivity index (χ2v) is 5.83. The molecular weight excluding hydrogens is 324 g/mol. The van der Waals surface area contributed by atoms with Gasteiger partial charge in [0.2, 0.25) is 12.7 Å². The van der Waals surface area contributed by atoms with Gasteiger partial charge >= 0.3 is 0 Å². The molecule has 0 radical (unpaired) electrons. The molecule has 1 N–H and O–H groups in total. The van der Waals surface area contributed by atoms with E-state index in [2.05, 4.69) is 10.3 Å². The summed E-state index contributed by atoms with van der Waals surface area (Å²) in [5, 5.41) is 2.84. The summed E-state index contributed by atoms with van der Waals surface area (Å²) >= 11 is 0. The van der Waals surface area contributed by atoms with Crippen molar-refractivity contribution in [2.75, 3.05) is 25.3 Å². The van der Waals surface area contributed by atoms with E-state index < -0.39 is 0 Å². The van der Waals surface area contributed by atoms with Crippen molar-refractivity contribution in [3.05, 3.63) is 42.1 Å². The molecule has 7 nitrogen and oxygen atoms in total. The molecule has 2 aliphatic rings. The van der Waals surface area contributed by atoms with Gasteiger partial charge in [0.15, 0.2) is 11.5 Å². The number of fused-ring (bicyclic) bond motifs is 1. The van der Waals surface area contributed by atoms with E-state index in [0.717, 1.165) is 12.8 Å². The van der Waals surface area contributed by atoms with Gasteiger partial charge in [0.05, 0.1) is 13.2 Å². The predicted octanol–water partition coefficient (Wildman–Crippen LogP) is 2.62. The van der Waals surface area contributed by atoms with Crippen LogP contribution < -0.4 is 19.5 Å². The Morgan fingerprint density at radius 1 is 1.12 bits per heavy atom. The number of nitrogens with one attached hydrogen (secondary N) is 1. The first-order valence-corrected chi connectivity index (χ1v) is 8.19. The molecule has 1 saturated heterocycles. The second kappa shape index (κ2) is 6.98. The van der Waals surface area contributed by atoms with E-state index in [1.807, 2.05) is 0 Å². The topological polar surface area (TPSA) is 78.9 Å². The molecule has 0 spiro atoms. The number of carbonyl (C=O) groups is 1. The van der Waals surface area contributed by atoms with Crippen LogP contribution in [0.15, 0.2) is 36.5 Å². The maximum Gasteiger partial charge on any atom is 0.255 e. The Labute approximate surface area is 144 Å². The van der Waals surface area contributed by atoms with Crippen molar-refractivity contribution < 1.29 is 23.7 Å². The number of rotatable bonds is 4. The maximum atomic E-state index is 12.5. The Balaban J connectivity index is 1.43. The zero-order valence-electron chi connectivity index (χ0n) is 13.6. The number of ether oxygens (including phenoxy) is 4. The molecule has 1 aromatic heterocycles. The molecule has 1 amide bonds. The molecule has 2 aliphatic heterocycles. The molecule has 0 unspecified atom stereocenters. The Morgan fingerprint density at radius 2 is 1.96 bits per heavy atom. The zero-order valence-corrected chi connectivity index (χ0v) is 13.6. The highest BCUT2D eigenvalue weighted by Crippen LogP contribution is 2.34. The number of hydrogen-bond donors (Lipinski definition) is 1. The van der Waals surface area contributed by atoms with E-state index >= 15 is 0 Å². The highest BCUT2D eigenvalue weighted by Gasteiger charge is 2.18. The van der Waals surface area contributed by atoms with E-state index in [4.69, 9.17) is 18.9 Å². The number of carbonyl (C=O) groups excluding carboxylic acids is 1. The van der Waals surface area contributed by atoms with Crippen molar-refractivity contribution in [2.45, 2.75) is 18.9 Å². The summed E-state index contributed by atoms with van der Waals surface area (Å²) < 4.78 is 21.7. The zero-order chi connectivity index (χ0) is 17.1. The first kappa shape index (κ1) is 15.7. The Morgan fingerprint density at radius 3 is 2.84 bits per heavy atom. The number of pyridine rings is 1. The van der Waals surface area contributed by atoms with Crippen LogP contribution in [0.3, 0.4) is 0 Å². The van der Waals surface area contributed by atoms with Gasteiger partial charge in [0, 0.05) is 42.4 Å². The number of amides is 1. The molecule has 1 aromatic carbocycles. The summed E-state index contributed by atoms with van der Waals surface area (Å²) in [5.41, 5.74) is 1.12. The standard InChI is InChI=1S/C18H18N2O5/c21-18(20-13-1-2-15-16(10-13)24-11-23-15)12-3-6-19-17(9-12)25-14-4-7-22-8-5-14/h1-3,6,9-10,14H,4-5,7-8,11H2,(H,20,21). The molecule has 130 valence electrons. The fourth-order valence-corrected chi connectivity index (χ4v) is 2.76. The van der Waals surface area contributed by atoms with Crippen LogP contribution in [0.4, 0.5) is 5.69 Å². The van der Waals surface area contributed by atoms with E-state index in [1.54, 1.807) is 36.5 Å². The minimum atomic E-state index is -0.238. The third kappa shape index (κ3) is 3.66. The first-order chi connectivity index (χ1) is 12.3. The molecular formula is C18H18N2O5. The highest BCUT2D eigenvalue weighted by atomic mass is 16.7. The summed E-state index contributed by atoms with van der Waals surface area (Å²) in [6.45, 7) is 1.58. The van der Waals surface area contributed by atoms with E-state index in [1.165, 1.54) is 0 Å². The molecule has 3 heterocycles. The summed E-state index contributed by atoms with van der Waals surface area (Å²) in [7, 11) is 0. The molecule has 4 rings (SSSR count). The van der Waals surface area contributed by atoms with Gasteiger partial charge in [-0.25, -0.2) is 4.98 Å². The largest absolute Gasteiger partial charge is 0.474 e. The minimum absolute atomic E-state index is 0.0772. The summed E-state index contributed by atoms with van der Waals surface area (Å²) in [6.07, 6.45) is 3.31. The number of anilines is 1. The van der Waals surface area contributed by atoms with Gasteiger partial charge < -0.3 is 24.3 Å². The summed E-state index contributed by atoms with van der Waals surface area (Å²) in [4.78, 5) is 16.7. The highest BCUT2D eigenvalue weighted by molar-refractivity contribution is 6.04. The van der Waals surface area contributed by atoms with Gasteiger partial charge in [0.25, 0.3) is 5.91 Å². The van der Waals surface area contributed by atoms with Gasteiger partial charge in [-0.3, -0.25) is 4.79 Å². The third-order valence-corrected chi connectivity index (χ3v) is 4.08. The van der Waals surface area contributed by atoms with Gasteiger partial charge in [-0.15, -0.1) is 0 Å². The van der Waals surface area contributed by atoms with Crippen molar-refractivity contribution in [3.63, 3.8) is 0 Å². The molecule has 0 bridgehead atoms. The van der Waals surface area contributed by atoms with Crippen LogP contribution in [0.25, 0.3) is 0 Å². The Kier molecular flexibility index (Phi) is 4.39. The molecule has 0 aliphatic carbocycles. The van der Waals surface area contributed by atoms with Crippen molar-refractivity contribution in [1.29, 1.82) is 0 Å². The van der Waals surface area contributed by atoms with Crippen molar-refractivity contribution in [1.82, 2.24) is 4.98 Å². The molecule has 7 heteroatoms. The van der Waals surface area contributed by atoms with Crippen LogP contribution in [0, 0.1) is 0 Å². The molecule has 2 aromatic rings. The number of benzene rings is 1. The second-order valence-electron chi connectivity index (χ2n) is 5.83. The van der Waals surface area contributed by atoms with Gasteiger partial charge in [-0.1, -0.05) is 0 Å². The minimum Gasteiger partial charge on any atom is -0.474 e. The van der Waals surface area contributed by atoms with E-state index in [9.17, 15) is 4.79 Å². The molecule has 25 heavy (non-hydrogen) atoms. The smallest absolute Gasteiger partial charge is 0.255 e. The summed E-state index contributed by atoms with van der Waals surface area (Å²) in [6, 6.07) is 8.58. The number of nitrogens with zero attached hydrogens (tertiary/aromatic N) is 1. The van der Waals surface area contributed by atoms with Crippen molar-refractivity contribution in [3.8, 4) is 17.4 Å². The Bertz CT molecular complexity index is 774. The quantitative estimate of drug-likeness (QED) is 0.920. The molecule has 1 fully saturated rings. The predicted molar refractivity (Wildman–Crippen MR) is 89.2 cm³/mol. The fourth-order valence-electron chi connectivity index (χ4n) is 2.76. The lowest BCUT2D eigenvalue weighted by Crippen LogP contribution is -2.26. The van der Waals surface area contributed by atoms with Crippen LogP contribution in [0.1, 0.15) is 23.2 Å². The average Bonchev–Trinajstić information content (AvgIpc) is 3.10. The van der Waals surface area contributed by atoms with E-state index in [0.29, 0.717) is 41.8 Å². The van der Waals surface area contributed by atoms with Gasteiger partial charge in [-0.05, 0) is 18.2 Å². The van der Waals surface area contributed by atoms with Crippen LogP contribution in [-0.2, 0) is 4.74 Å². The lowest BCUT2D eigenvalue weighted by molar-refractivity contribution is 0.0237. The van der Waals surface area contributed by atoms with Gasteiger partial charge in [0.1, 0.15) is 6.10 Å². The van der Waals surface area contributed by atoms with Crippen LogP contribution in [0.5, 0.6) is 17.4 Å². The lowest BCUT2D eigenvalue weighted by Gasteiger charge is -2.22. The first-order valence-electron chi connectivity index (χ1n) is 8.19. The van der Waals surface area contributed by atoms with Crippen molar-refractivity contribution >= 4 is 11.6 Å².